The Hall–Kier alpha value is -4.28. The van der Waals surface area contributed by atoms with E-state index in [0.29, 0.717) is 67.5 Å². The molecule has 0 bridgehead atoms. The molecule has 3 aliphatic heterocycles. The number of morpholine rings is 1. The van der Waals surface area contributed by atoms with Crippen molar-refractivity contribution in [2.45, 2.75) is 31.9 Å². The maximum Gasteiger partial charge on any atom is 0.328 e. The number of urea groups is 1. The monoisotopic (exact) mass is 534 g/mol. The molecule has 4 amide bonds. The van der Waals surface area contributed by atoms with Gasteiger partial charge < -0.3 is 25.0 Å². The van der Waals surface area contributed by atoms with Gasteiger partial charge in [-0.1, -0.05) is 0 Å². The summed E-state index contributed by atoms with van der Waals surface area (Å²) in [6, 6.07) is 5.19. The summed E-state index contributed by atoms with van der Waals surface area (Å²) in [6.07, 6.45) is 3.70. The average Bonchev–Trinajstić information content (AvgIpc) is 3.43. The third-order valence-corrected chi connectivity index (χ3v) is 7.22. The molecule has 5 heterocycles. The maximum atomic E-state index is 13.4. The molecule has 0 aliphatic carbocycles. The molecule has 5 rings (SSSR count). The standard InChI is InChI=1S/C26H30N8O5/c1-38-19-4-6-32(14-19)20-10-21(29-12-18(20)11-27)30-26(37)34-5-2-3-16-9-17(23(24(28)36)31-25(16)34)13-33-7-8-39-15-22(33)35/h9-10,12,19H,2-8,13-15H2,1H3,(H2,28,36)(H,29,30,37)/t19-/m1/s1. The van der Waals surface area contributed by atoms with Crippen LogP contribution in [0.4, 0.5) is 22.1 Å². The lowest BCUT2D eigenvalue weighted by Gasteiger charge is -2.31. The second-order valence-corrected chi connectivity index (χ2v) is 9.69. The van der Waals surface area contributed by atoms with Crippen LogP contribution in [0.25, 0.3) is 0 Å². The van der Waals surface area contributed by atoms with E-state index in [9.17, 15) is 19.6 Å². The maximum absolute atomic E-state index is 13.4. The Kier molecular flexibility index (Phi) is 7.58. The van der Waals surface area contributed by atoms with Gasteiger partial charge in [0.15, 0.2) is 0 Å². The Morgan fingerprint density at radius 2 is 2.15 bits per heavy atom. The number of nitrogens with zero attached hydrogens (tertiary/aromatic N) is 6. The minimum Gasteiger partial charge on any atom is -0.380 e. The molecular weight excluding hydrogens is 504 g/mol. The van der Waals surface area contributed by atoms with Gasteiger partial charge >= 0.3 is 6.03 Å². The highest BCUT2D eigenvalue weighted by molar-refractivity contribution is 6.02. The third kappa shape index (κ3) is 5.47. The highest BCUT2D eigenvalue weighted by Gasteiger charge is 2.30. The van der Waals surface area contributed by atoms with Gasteiger partial charge in [0.05, 0.1) is 24.0 Å². The summed E-state index contributed by atoms with van der Waals surface area (Å²) in [6.45, 7) is 2.75. The first-order valence-electron chi connectivity index (χ1n) is 12.8. The van der Waals surface area contributed by atoms with Crippen molar-refractivity contribution >= 4 is 35.2 Å². The molecule has 0 unspecified atom stereocenters. The van der Waals surface area contributed by atoms with Crippen LogP contribution in [0.15, 0.2) is 18.3 Å². The molecule has 2 aromatic rings. The van der Waals surface area contributed by atoms with Gasteiger partial charge in [-0.05, 0) is 30.9 Å². The number of aryl methyl sites for hydroxylation is 1. The number of nitriles is 1. The van der Waals surface area contributed by atoms with Crippen LogP contribution < -0.4 is 20.9 Å². The topological polar surface area (TPSA) is 167 Å². The number of fused-ring (bicyclic) bond motifs is 1. The Morgan fingerprint density at radius 3 is 2.87 bits per heavy atom. The van der Waals surface area contributed by atoms with Gasteiger partial charge in [-0.15, -0.1) is 0 Å². The number of aromatic nitrogens is 2. The van der Waals surface area contributed by atoms with Crippen LogP contribution in [0.2, 0.25) is 0 Å². The number of hydrogen-bond acceptors (Lipinski definition) is 9. The zero-order chi connectivity index (χ0) is 27.5. The van der Waals surface area contributed by atoms with Gasteiger partial charge in [0.2, 0.25) is 5.91 Å². The van der Waals surface area contributed by atoms with Crippen LogP contribution in [-0.4, -0.2) is 85.3 Å². The van der Waals surface area contributed by atoms with Gasteiger partial charge in [0.1, 0.15) is 30.0 Å². The zero-order valence-electron chi connectivity index (χ0n) is 21.7. The zero-order valence-corrected chi connectivity index (χ0v) is 21.7. The molecule has 1 atom stereocenters. The molecule has 0 saturated carbocycles. The number of rotatable bonds is 6. The first kappa shape index (κ1) is 26.3. The highest BCUT2D eigenvalue weighted by Crippen LogP contribution is 2.30. The molecule has 0 aromatic carbocycles. The molecule has 2 aromatic heterocycles. The number of ether oxygens (including phenoxy) is 2. The number of anilines is 3. The number of nitrogens with one attached hydrogen (secondary N) is 1. The van der Waals surface area contributed by atoms with Crippen molar-refractivity contribution in [1.82, 2.24) is 14.9 Å². The van der Waals surface area contributed by atoms with Crippen molar-refractivity contribution in [2.24, 2.45) is 5.73 Å². The summed E-state index contributed by atoms with van der Waals surface area (Å²) in [5.41, 5.74) is 8.09. The fraction of sp³-hybridized carbons (Fsp3) is 0.462. The lowest BCUT2D eigenvalue weighted by Crippen LogP contribution is -2.42. The average molecular weight is 535 g/mol. The Morgan fingerprint density at radius 1 is 1.31 bits per heavy atom. The lowest BCUT2D eigenvalue weighted by atomic mass is 10.0. The number of carbonyl (C=O) groups excluding carboxylic acids is 3. The van der Waals surface area contributed by atoms with E-state index in [-0.39, 0.29) is 30.9 Å². The molecule has 0 radical (unpaired) electrons. The fourth-order valence-corrected chi connectivity index (χ4v) is 5.18. The van der Waals surface area contributed by atoms with Crippen LogP contribution in [0, 0.1) is 11.3 Å². The Labute approximate surface area is 225 Å². The number of primary amides is 1. The van der Waals surface area contributed by atoms with E-state index in [1.54, 1.807) is 18.1 Å². The molecule has 0 spiro atoms. The number of carbonyl (C=O) groups is 3. The van der Waals surface area contributed by atoms with Crippen LogP contribution in [-0.2, 0) is 27.2 Å². The normalized spacial score (nSPS) is 19.0. The molecular formula is C26H30N8O5. The van der Waals surface area contributed by atoms with Crippen molar-refractivity contribution in [3.8, 4) is 6.07 Å². The largest absolute Gasteiger partial charge is 0.380 e. The summed E-state index contributed by atoms with van der Waals surface area (Å²) in [4.78, 5) is 51.8. The third-order valence-electron chi connectivity index (χ3n) is 7.22. The summed E-state index contributed by atoms with van der Waals surface area (Å²) < 4.78 is 10.6. The van der Waals surface area contributed by atoms with E-state index in [2.05, 4.69) is 21.4 Å². The summed E-state index contributed by atoms with van der Waals surface area (Å²) >= 11 is 0. The first-order chi connectivity index (χ1) is 18.9. The number of amides is 4. The number of hydrogen-bond donors (Lipinski definition) is 2. The molecule has 2 saturated heterocycles. The predicted octanol–water partition coefficient (Wildman–Crippen LogP) is 1.02. The Bertz CT molecular complexity index is 1340. The lowest BCUT2D eigenvalue weighted by molar-refractivity contribution is -0.143. The molecule has 13 nitrogen and oxygen atoms in total. The molecule has 2 fully saturated rings. The van der Waals surface area contributed by atoms with Crippen molar-refractivity contribution in [3.63, 3.8) is 0 Å². The number of nitrogens with two attached hydrogens (primary N) is 1. The van der Waals surface area contributed by atoms with E-state index in [1.165, 1.54) is 11.1 Å². The first-order valence-corrected chi connectivity index (χ1v) is 12.8. The second kappa shape index (κ2) is 11.2. The number of pyridine rings is 2. The van der Waals surface area contributed by atoms with Gasteiger partial charge in [-0.25, -0.2) is 14.8 Å². The van der Waals surface area contributed by atoms with E-state index < -0.39 is 11.9 Å². The van der Waals surface area contributed by atoms with Crippen molar-refractivity contribution < 1.29 is 23.9 Å². The van der Waals surface area contributed by atoms with Crippen molar-refractivity contribution in [1.29, 1.82) is 5.26 Å². The van der Waals surface area contributed by atoms with Gasteiger partial charge in [0.25, 0.3) is 5.91 Å². The fourth-order valence-electron chi connectivity index (χ4n) is 5.18. The molecule has 13 heteroatoms. The van der Waals surface area contributed by atoms with E-state index >= 15 is 0 Å². The number of methoxy groups -OCH3 is 1. The van der Waals surface area contributed by atoms with Crippen molar-refractivity contribution in [2.75, 3.05) is 61.6 Å². The SMILES string of the molecule is CO[C@@H]1CCN(c2cc(NC(=O)N3CCCc4cc(CN5CCOCC5=O)c(C(N)=O)nc43)ncc2C#N)C1. The second-order valence-electron chi connectivity index (χ2n) is 9.69. The van der Waals surface area contributed by atoms with Gasteiger partial charge in [-0.3, -0.25) is 19.8 Å². The summed E-state index contributed by atoms with van der Waals surface area (Å²) in [5, 5.41) is 12.4. The van der Waals surface area contributed by atoms with E-state index in [4.69, 9.17) is 15.2 Å². The molecule has 204 valence electrons. The van der Waals surface area contributed by atoms with E-state index in [0.717, 1.165) is 18.5 Å². The van der Waals surface area contributed by atoms with E-state index in [1.807, 2.05) is 11.0 Å². The highest BCUT2D eigenvalue weighted by atomic mass is 16.5. The van der Waals surface area contributed by atoms with Gasteiger partial charge in [-0.2, -0.15) is 5.26 Å². The van der Waals surface area contributed by atoms with Crippen molar-refractivity contribution in [3.05, 3.63) is 40.7 Å². The van der Waals surface area contributed by atoms with Crippen LogP contribution >= 0.6 is 0 Å². The molecule has 3 aliphatic rings. The van der Waals surface area contributed by atoms with Crippen LogP contribution in [0.1, 0.15) is 40.0 Å². The predicted molar refractivity (Wildman–Crippen MR) is 140 cm³/mol. The molecule has 3 N–H and O–H groups in total. The quantitative estimate of drug-likeness (QED) is 0.550. The minimum atomic E-state index is -0.738. The Balaban J connectivity index is 1.39. The van der Waals surface area contributed by atoms with Crippen LogP contribution in [0.5, 0.6) is 0 Å². The van der Waals surface area contributed by atoms with Gasteiger partial charge in [0, 0.05) is 57.7 Å². The smallest absolute Gasteiger partial charge is 0.328 e. The molecule has 39 heavy (non-hydrogen) atoms. The van der Waals surface area contributed by atoms with Crippen LogP contribution in [0.3, 0.4) is 0 Å². The summed E-state index contributed by atoms with van der Waals surface area (Å²) in [5.74, 6) is -0.269. The summed E-state index contributed by atoms with van der Waals surface area (Å²) in [7, 11) is 1.66. The minimum absolute atomic E-state index is 0.00591.